The van der Waals surface area contributed by atoms with Gasteiger partial charge in [0.2, 0.25) is 0 Å². The molecule has 0 aliphatic carbocycles. The molecule has 1 saturated heterocycles. The van der Waals surface area contributed by atoms with Crippen molar-refractivity contribution in [1.29, 1.82) is 0 Å². The first kappa shape index (κ1) is 16.7. The molecule has 1 aliphatic rings. The topological polar surface area (TPSA) is 54.5 Å². The summed E-state index contributed by atoms with van der Waals surface area (Å²) in [4.78, 5) is 13.8. The third-order valence-corrected chi connectivity index (χ3v) is 5.94. The van der Waals surface area contributed by atoms with E-state index in [1.807, 2.05) is 13.8 Å². The maximum absolute atomic E-state index is 14.1. The minimum atomic E-state index is -4.07. The zero-order chi connectivity index (χ0) is 16.0. The monoisotopic (exact) mass is 397 g/mol. The van der Waals surface area contributed by atoms with E-state index in [4.69, 9.17) is 10.7 Å². The fourth-order valence-corrected chi connectivity index (χ4v) is 4.68. The van der Waals surface area contributed by atoms with Crippen LogP contribution < -0.4 is 0 Å². The summed E-state index contributed by atoms with van der Waals surface area (Å²) in [7, 11) is 1.23. The van der Waals surface area contributed by atoms with Gasteiger partial charge in [0, 0.05) is 27.2 Å². The van der Waals surface area contributed by atoms with Crippen LogP contribution in [-0.4, -0.2) is 31.3 Å². The number of halogens is 3. The lowest BCUT2D eigenvalue weighted by Gasteiger charge is -2.31. The smallest absolute Gasteiger partial charge is 0.262 e. The average molecular weight is 399 g/mol. The maximum Gasteiger partial charge on any atom is 0.262 e. The molecule has 0 spiro atoms. The Morgan fingerprint density at radius 1 is 1.43 bits per heavy atom. The molecule has 116 valence electrons. The van der Waals surface area contributed by atoms with Crippen LogP contribution in [-0.2, 0) is 9.05 Å². The number of hydrogen-bond donors (Lipinski definition) is 0. The van der Waals surface area contributed by atoms with Crippen molar-refractivity contribution >= 4 is 41.6 Å². The van der Waals surface area contributed by atoms with Crippen LogP contribution in [0.1, 0.15) is 37.0 Å². The van der Waals surface area contributed by atoms with Crippen LogP contribution in [0.25, 0.3) is 0 Å². The molecule has 2 rings (SSSR count). The van der Waals surface area contributed by atoms with E-state index in [9.17, 15) is 17.6 Å². The molecule has 0 unspecified atom stereocenters. The van der Waals surface area contributed by atoms with Gasteiger partial charge in [-0.05, 0) is 54.8 Å². The lowest BCUT2D eigenvalue weighted by molar-refractivity contribution is 0.0647. The van der Waals surface area contributed by atoms with Crippen LogP contribution in [0, 0.1) is 5.82 Å². The molecule has 4 nitrogen and oxygen atoms in total. The van der Waals surface area contributed by atoms with Crippen molar-refractivity contribution in [1.82, 2.24) is 4.90 Å². The van der Waals surface area contributed by atoms with E-state index in [-0.39, 0.29) is 20.5 Å². The fraction of sp³-hybridized carbons (Fsp3) is 0.462. The van der Waals surface area contributed by atoms with Gasteiger partial charge in [-0.1, -0.05) is 0 Å². The Balaban J connectivity index is 2.52. The molecule has 1 amide bonds. The number of rotatable bonds is 2. The first-order chi connectivity index (χ1) is 9.54. The highest BCUT2D eigenvalue weighted by molar-refractivity contribution is 9.10. The van der Waals surface area contributed by atoms with Crippen LogP contribution in [0.2, 0.25) is 0 Å². The van der Waals surface area contributed by atoms with Crippen molar-refractivity contribution in [2.45, 2.75) is 37.1 Å². The summed E-state index contributed by atoms with van der Waals surface area (Å²) in [6.45, 7) is 4.31. The number of nitrogens with zero attached hydrogens (tertiary/aromatic N) is 1. The number of hydrogen-bond acceptors (Lipinski definition) is 3. The lowest BCUT2D eigenvalue weighted by atomic mass is 10.0. The zero-order valence-corrected chi connectivity index (χ0v) is 14.6. The van der Waals surface area contributed by atoms with Crippen LogP contribution in [0.5, 0.6) is 0 Å². The highest BCUT2D eigenvalue weighted by atomic mass is 79.9. The summed E-state index contributed by atoms with van der Waals surface area (Å²) in [5, 5.41) is 0. The molecule has 1 fully saturated rings. The van der Waals surface area contributed by atoms with Crippen molar-refractivity contribution in [3.63, 3.8) is 0 Å². The summed E-state index contributed by atoms with van der Waals surface area (Å²) in [5.41, 5.74) is -0.663. The first-order valence-electron chi connectivity index (χ1n) is 6.30. The molecule has 0 atom stereocenters. The summed E-state index contributed by atoms with van der Waals surface area (Å²) in [6, 6.07) is 1.93. The highest BCUT2D eigenvalue weighted by Crippen LogP contribution is 2.33. The van der Waals surface area contributed by atoms with Gasteiger partial charge in [0.25, 0.3) is 15.0 Å². The second-order valence-corrected chi connectivity index (χ2v) is 8.96. The molecule has 0 N–H and O–H groups in total. The predicted octanol–water partition coefficient (Wildman–Crippen LogP) is 3.53. The molecular formula is C13H14BrClFNO3S. The largest absolute Gasteiger partial charge is 0.333 e. The lowest BCUT2D eigenvalue weighted by Crippen LogP contribution is -2.43. The second-order valence-electron chi connectivity index (χ2n) is 5.57. The van der Waals surface area contributed by atoms with E-state index >= 15 is 0 Å². The maximum atomic E-state index is 14.1. The van der Waals surface area contributed by atoms with E-state index in [1.54, 1.807) is 4.90 Å². The van der Waals surface area contributed by atoms with Crippen molar-refractivity contribution < 1.29 is 17.6 Å². The van der Waals surface area contributed by atoms with Gasteiger partial charge in [-0.3, -0.25) is 4.79 Å². The van der Waals surface area contributed by atoms with Crippen LogP contribution in [0.4, 0.5) is 4.39 Å². The fourth-order valence-electron chi connectivity index (χ4n) is 2.51. The van der Waals surface area contributed by atoms with E-state index in [1.165, 1.54) is 0 Å². The average Bonchev–Trinajstić information content (AvgIpc) is 2.66. The number of amides is 1. The Bertz CT molecular complexity index is 706. The number of carbonyl (C=O) groups excluding carboxylic acids is 1. The first-order valence-corrected chi connectivity index (χ1v) is 9.40. The minimum absolute atomic E-state index is 0.00719. The molecule has 0 bridgehead atoms. The van der Waals surface area contributed by atoms with Crippen LogP contribution >= 0.6 is 26.6 Å². The Kier molecular flexibility index (Phi) is 4.39. The molecule has 1 heterocycles. The third-order valence-electron chi connectivity index (χ3n) is 3.66. The minimum Gasteiger partial charge on any atom is -0.333 e. The quantitative estimate of drug-likeness (QED) is 0.716. The molecule has 0 radical (unpaired) electrons. The Morgan fingerprint density at radius 2 is 2.05 bits per heavy atom. The summed E-state index contributed by atoms with van der Waals surface area (Å²) < 4.78 is 37.0. The molecule has 1 aliphatic heterocycles. The number of carbonyl (C=O) groups is 1. The van der Waals surface area contributed by atoms with Gasteiger partial charge in [0.15, 0.2) is 0 Å². The Hall–Kier alpha value is -0.660. The van der Waals surface area contributed by atoms with Crippen LogP contribution in [0.15, 0.2) is 21.5 Å². The van der Waals surface area contributed by atoms with Gasteiger partial charge < -0.3 is 4.90 Å². The molecule has 8 heteroatoms. The zero-order valence-electron chi connectivity index (χ0n) is 11.5. The number of likely N-dealkylation sites (tertiary alicyclic amines) is 1. The Labute approximate surface area is 135 Å². The molecule has 0 aromatic heterocycles. The van der Waals surface area contributed by atoms with Gasteiger partial charge in [-0.25, -0.2) is 12.8 Å². The Morgan fingerprint density at radius 3 is 2.52 bits per heavy atom. The van der Waals surface area contributed by atoms with Gasteiger partial charge in [0.1, 0.15) is 5.82 Å². The van der Waals surface area contributed by atoms with Gasteiger partial charge in [-0.15, -0.1) is 0 Å². The standard InChI is InChI=1S/C13H14BrClFNO3S/c1-13(2)4-3-5-17(13)12(18)8-6-11(21(15,19)20)9(14)7-10(8)16/h6-7H,3-5H2,1-2H3. The van der Waals surface area contributed by atoms with E-state index in [0.717, 1.165) is 25.0 Å². The molecule has 0 saturated carbocycles. The van der Waals surface area contributed by atoms with E-state index in [2.05, 4.69) is 15.9 Å². The normalized spacial score (nSPS) is 18.0. The van der Waals surface area contributed by atoms with Gasteiger partial charge in [0.05, 0.1) is 10.5 Å². The predicted molar refractivity (Wildman–Crippen MR) is 81.5 cm³/mol. The van der Waals surface area contributed by atoms with Crippen molar-refractivity contribution in [2.24, 2.45) is 0 Å². The second kappa shape index (κ2) is 5.52. The molecular weight excluding hydrogens is 385 g/mol. The summed E-state index contributed by atoms with van der Waals surface area (Å²) in [6.07, 6.45) is 1.65. The molecule has 1 aromatic rings. The summed E-state index contributed by atoms with van der Waals surface area (Å²) in [5.74, 6) is -1.30. The number of benzene rings is 1. The van der Waals surface area contributed by atoms with Crippen molar-refractivity contribution in [2.75, 3.05) is 6.54 Å². The van der Waals surface area contributed by atoms with E-state index < -0.39 is 20.8 Å². The summed E-state index contributed by atoms with van der Waals surface area (Å²) >= 11 is 2.94. The SMILES string of the molecule is CC1(C)CCCN1C(=O)c1cc(S(=O)(=O)Cl)c(Br)cc1F. The van der Waals surface area contributed by atoms with Gasteiger partial charge in [-0.2, -0.15) is 0 Å². The molecule has 1 aromatic carbocycles. The highest BCUT2D eigenvalue weighted by Gasteiger charge is 2.37. The van der Waals surface area contributed by atoms with Crippen LogP contribution in [0.3, 0.4) is 0 Å². The third kappa shape index (κ3) is 3.24. The van der Waals surface area contributed by atoms with Crippen molar-refractivity contribution in [3.05, 3.63) is 28.0 Å². The van der Waals surface area contributed by atoms with E-state index in [0.29, 0.717) is 6.54 Å². The molecule has 21 heavy (non-hydrogen) atoms. The van der Waals surface area contributed by atoms with Gasteiger partial charge >= 0.3 is 0 Å². The van der Waals surface area contributed by atoms with Crippen molar-refractivity contribution in [3.8, 4) is 0 Å².